The van der Waals surface area contributed by atoms with Crippen molar-refractivity contribution in [3.05, 3.63) is 53.9 Å². The van der Waals surface area contributed by atoms with Gasteiger partial charge < -0.3 is 9.30 Å². The van der Waals surface area contributed by atoms with Gasteiger partial charge in [-0.2, -0.15) is 0 Å². The minimum Gasteiger partial charge on any atom is -0.462 e. The molecule has 0 aliphatic carbocycles. The van der Waals surface area contributed by atoms with Gasteiger partial charge in [0.25, 0.3) is 0 Å². The van der Waals surface area contributed by atoms with E-state index in [4.69, 9.17) is 4.74 Å². The molecule has 0 aliphatic rings. The number of aryl methyl sites for hydroxylation is 1. The summed E-state index contributed by atoms with van der Waals surface area (Å²) in [5, 5.41) is 0. The van der Waals surface area contributed by atoms with E-state index in [0.29, 0.717) is 12.2 Å². The molecule has 1 aromatic heterocycles. The molecule has 1 heterocycles. The fourth-order valence-corrected chi connectivity index (χ4v) is 1.73. The Balaban J connectivity index is 2.34. The lowest BCUT2D eigenvalue weighted by Crippen LogP contribution is -2.04. The highest BCUT2D eigenvalue weighted by Crippen LogP contribution is 2.15. The standard InChI is InChI=1S/C14H15NO2/c1-3-17-14(16)13-10-15(9-11(13)2)12-7-5-4-6-8-12/h4-10H,3H2,1-2H3. The Hall–Kier alpha value is -2.03. The second-order valence-corrected chi connectivity index (χ2v) is 3.82. The SMILES string of the molecule is CCOC(=O)c1cn(-c2ccccc2)cc1C. The molecule has 2 aromatic rings. The van der Waals surface area contributed by atoms with Crippen LogP contribution in [-0.2, 0) is 4.74 Å². The molecule has 3 nitrogen and oxygen atoms in total. The van der Waals surface area contributed by atoms with Gasteiger partial charge in [0.1, 0.15) is 0 Å². The number of hydrogen-bond acceptors (Lipinski definition) is 2. The number of hydrogen-bond donors (Lipinski definition) is 0. The fraction of sp³-hybridized carbons (Fsp3) is 0.214. The van der Waals surface area contributed by atoms with Gasteiger partial charge in [0.05, 0.1) is 12.2 Å². The maximum Gasteiger partial charge on any atom is 0.339 e. The third kappa shape index (κ3) is 2.38. The molecular formula is C14H15NO2. The van der Waals surface area contributed by atoms with Crippen LogP contribution in [0.2, 0.25) is 0 Å². The molecule has 2 rings (SSSR count). The number of esters is 1. The average Bonchev–Trinajstić information content (AvgIpc) is 2.73. The van der Waals surface area contributed by atoms with E-state index in [0.717, 1.165) is 11.3 Å². The molecule has 0 unspecified atom stereocenters. The summed E-state index contributed by atoms with van der Waals surface area (Å²) >= 11 is 0. The van der Waals surface area contributed by atoms with Crippen molar-refractivity contribution in [2.24, 2.45) is 0 Å². The Labute approximate surface area is 101 Å². The molecule has 0 atom stereocenters. The van der Waals surface area contributed by atoms with Gasteiger partial charge in [-0.3, -0.25) is 0 Å². The molecule has 0 amide bonds. The van der Waals surface area contributed by atoms with Gasteiger partial charge in [-0.1, -0.05) is 18.2 Å². The Morgan fingerprint density at radius 3 is 2.59 bits per heavy atom. The summed E-state index contributed by atoms with van der Waals surface area (Å²) in [6.07, 6.45) is 3.74. The summed E-state index contributed by atoms with van der Waals surface area (Å²) in [4.78, 5) is 11.7. The first kappa shape index (κ1) is 11.5. The van der Waals surface area contributed by atoms with Gasteiger partial charge in [-0.05, 0) is 31.5 Å². The molecule has 1 aromatic carbocycles. The molecule has 0 spiro atoms. The number of nitrogens with zero attached hydrogens (tertiary/aromatic N) is 1. The monoisotopic (exact) mass is 229 g/mol. The number of rotatable bonds is 3. The molecule has 0 aliphatic heterocycles. The summed E-state index contributed by atoms with van der Waals surface area (Å²) in [5.74, 6) is -0.264. The summed E-state index contributed by atoms with van der Waals surface area (Å²) < 4.78 is 6.94. The lowest BCUT2D eigenvalue weighted by atomic mass is 10.2. The van der Waals surface area contributed by atoms with Crippen LogP contribution in [-0.4, -0.2) is 17.1 Å². The Bertz CT molecular complexity index is 514. The molecule has 0 fully saturated rings. The maximum absolute atomic E-state index is 11.7. The second kappa shape index (κ2) is 4.87. The summed E-state index contributed by atoms with van der Waals surface area (Å²) in [7, 11) is 0. The lowest BCUT2D eigenvalue weighted by molar-refractivity contribution is 0.0525. The molecule has 88 valence electrons. The highest BCUT2D eigenvalue weighted by molar-refractivity contribution is 5.91. The van der Waals surface area contributed by atoms with E-state index >= 15 is 0 Å². The predicted octanol–water partition coefficient (Wildman–Crippen LogP) is 2.96. The normalized spacial score (nSPS) is 10.2. The van der Waals surface area contributed by atoms with E-state index in [1.54, 1.807) is 6.92 Å². The number of para-hydroxylation sites is 1. The van der Waals surface area contributed by atoms with Crippen LogP contribution < -0.4 is 0 Å². The van der Waals surface area contributed by atoms with E-state index in [1.165, 1.54) is 0 Å². The smallest absolute Gasteiger partial charge is 0.339 e. The van der Waals surface area contributed by atoms with Crippen LogP contribution in [0.25, 0.3) is 5.69 Å². The minimum atomic E-state index is -0.264. The molecule has 0 N–H and O–H groups in total. The number of aromatic nitrogens is 1. The van der Waals surface area contributed by atoms with Crippen LogP contribution in [0.5, 0.6) is 0 Å². The van der Waals surface area contributed by atoms with E-state index in [1.807, 2.05) is 54.2 Å². The van der Waals surface area contributed by atoms with Gasteiger partial charge in [-0.15, -0.1) is 0 Å². The van der Waals surface area contributed by atoms with E-state index in [9.17, 15) is 4.79 Å². The summed E-state index contributed by atoms with van der Waals surface area (Å²) in [6.45, 7) is 4.11. The zero-order valence-corrected chi connectivity index (χ0v) is 10.0. The molecule has 0 radical (unpaired) electrons. The van der Waals surface area contributed by atoms with Gasteiger partial charge in [0.2, 0.25) is 0 Å². The first-order valence-corrected chi connectivity index (χ1v) is 5.63. The molecule has 0 saturated carbocycles. The van der Waals surface area contributed by atoms with Crippen molar-refractivity contribution in [2.75, 3.05) is 6.61 Å². The highest BCUT2D eigenvalue weighted by Gasteiger charge is 2.12. The zero-order valence-electron chi connectivity index (χ0n) is 10.0. The van der Waals surface area contributed by atoms with Crippen LogP contribution in [0, 0.1) is 6.92 Å². The van der Waals surface area contributed by atoms with E-state index in [-0.39, 0.29) is 5.97 Å². The first-order valence-electron chi connectivity index (χ1n) is 5.63. The van der Waals surface area contributed by atoms with Crippen molar-refractivity contribution in [1.82, 2.24) is 4.57 Å². The second-order valence-electron chi connectivity index (χ2n) is 3.82. The topological polar surface area (TPSA) is 31.2 Å². The van der Waals surface area contributed by atoms with Gasteiger partial charge in [0, 0.05) is 18.1 Å². The van der Waals surface area contributed by atoms with Crippen LogP contribution in [0.4, 0.5) is 0 Å². The van der Waals surface area contributed by atoms with Crippen molar-refractivity contribution >= 4 is 5.97 Å². The van der Waals surface area contributed by atoms with Crippen molar-refractivity contribution in [1.29, 1.82) is 0 Å². The van der Waals surface area contributed by atoms with Crippen molar-refractivity contribution < 1.29 is 9.53 Å². The third-order valence-electron chi connectivity index (χ3n) is 2.58. The van der Waals surface area contributed by atoms with Gasteiger partial charge in [-0.25, -0.2) is 4.79 Å². The maximum atomic E-state index is 11.7. The lowest BCUT2D eigenvalue weighted by Gasteiger charge is -2.01. The van der Waals surface area contributed by atoms with Gasteiger partial charge >= 0.3 is 5.97 Å². The average molecular weight is 229 g/mol. The van der Waals surface area contributed by atoms with Crippen molar-refractivity contribution in [3.8, 4) is 5.69 Å². The van der Waals surface area contributed by atoms with E-state index in [2.05, 4.69) is 0 Å². The molecule has 3 heteroatoms. The number of carbonyl (C=O) groups excluding carboxylic acids is 1. The summed E-state index contributed by atoms with van der Waals surface area (Å²) in [6, 6.07) is 9.89. The first-order chi connectivity index (χ1) is 8.22. The number of benzene rings is 1. The van der Waals surface area contributed by atoms with Crippen LogP contribution in [0.1, 0.15) is 22.8 Å². The number of carbonyl (C=O) groups is 1. The summed E-state index contributed by atoms with van der Waals surface area (Å²) in [5.41, 5.74) is 2.58. The van der Waals surface area contributed by atoms with Crippen molar-refractivity contribution in [3.63, 3.8) is 0 Å². The molecule has 0 saturated heterocycles. The van der Waals surface area contributed by atoms with Crippen LogP contribution in [0.15, 0.2) is 42.7 Å². The molecule has 0 bridgehead atoms. The largest absolute Gasteiger partial charge is 0.462 e. The zero-order chi connectivity index (χ0) is 12.3. The molecular weight excluding hydrogens is 214 g/mol. The third-order valence-corrected chi connectivity index (χ3v) is 2.58. The van der Waals surface area contributed by atoms with E-state index < -0.39 is 0 Å². The Kier molecular flexibility index (Phi) is 3.28. The minimum absolute atomic E-state index is 0.264. The predicted molar refractivity (Wildman–Crippen MR) is 66.5 cm³/mol. The Morgan fingerprint density at radius 2 is 1.94 bits per heavy atom. The quantitative estimate of drug-likeness (QED) is 0.758. The van der Waals surface area contributed by atoms with Crippen molar-refractivity contribution in [2.45, 2.75) is 13.8 Å². The molecule has 17 heavy (non-hydrogen) atoms. The number of ether oxygens (including phenoxy) is 1. The highest BCUT2D eigenvalue weighted by atomic mass is 16.5. The fourth-order valence-electron chi connectivity index (χ4n) is 1.73. The van der Waals surface area contributed by atoms with Gasteiger partial charge in [0.15, 0.2) is 0 Å². The van der Waals surface area contributed by atoms with Crippen LogP contribution >= 0.6 is 0 Å². The van der Waals surface area contributed by atoms with Crippen LogP contribution in [0.3, 0.4) is 0 Å². The Morgan fingerprint density at radius 1 is 1.24 bits per heavy atom.